The molecule has 0 saturated carbocycles. The quantitative estimate of drug-likeness (QED) is 0.889. The number of aromatic carboxylic acids is 1. The van der Waals surface area contributed by atoms with Crippen LogP contribution in [0.2, 0.25) is 5.02 Å². The van der Waals surface area contributed by atoms with E-state index in [-0.39, 0.29) is 22.0 Å². The Balaban J connectivity index is 2.66. The van der Waals surface area contributed by atoms with Gasteiger partial charge in [0.2, 0.25) is 0 Å². The first kappa shape index (κ1) is 13.2. The van der Waals surface area contributed by atoms with E-state index in [0.29, 0.717) is 6.07 Å². The van der Waals surface area contributed by atoms with Crippen LogP contribution in [-0.2, 0) is 0 Å². The summed E-state index contributed by atoms with van der Waals surface area (Å²) in [5, 5.41) is 8.71. The zero-order valence-corrected chi connectivity index (χ0v) is 10.1. The second-order valence-electron chi connectivity index (χ2n) is 3.72. The molecule has 0 aliphatic carbocycles. The van der Waals surface area contributed by atoms with E-state index in [4.69, 9.17) is 22.4 Å². The number of halogens is 3. The summed E-state index contributed by atoms with van der Waals surface area (Å²) >= 11 is 5.69. The fraction of sp³-hybridized carbons (Fsp3) is 0. The zero-order chi connectivity index (χ0) is 14.2. The molecule has 0 spiro atoms. The summed E-state index contributed by atoms with van der Waals surface area (Å²) in [6, 6.07) is 3.98. The lowest BCUT2D eigenvalue weighted by molar-refractivity contribution is 0.0691. The molecule has 0 bridgehead atoms. The SMILES string of the molecule is Nc1cc(-c2cc(F)cc(F)c2)nc(C(=O)O)c1Cl. The van der Waals surface area contributed by atoms with Crippen molar-refractivity contribution in [3.63, 3.8) is 0 Å². The molecule has 1 heterocycles. The largest absolute Gasteiger partial charge is 0.476 e. The van der Waals surface area contributed by atoms with Gasteiger partial charge in [-0.15, -0.1) is 0 Å². The molecule has 0 radical (unpaired) electrons. The number of carbonyl (C=O) groups is 1. The van der Waals surface area contributed by atoms with E-state index in [1.54, 1.807) is 0 Å². The predicted octanol–water partition coefficient (Wildman–Crippen LogP) is 2.96. The van der Waals surface area contributed by atoms with E-state index in [1.165, 1.54) is 6.07 Å². The third kappa shape index (κ3) is 2.63. The molecule has 1 aromatic heterocycles. The van der Waals surface area contributed by atoms with Crippen LogP contribution in [-0.4, -0.2) is 16.1 Å². The van der Waals surface area contributed by atoms with Gasteiger partial charge >= 0.3 is 5.97 Å². The van der Waals surface area contributed by atoms with Crippen molar-refractivity contribution >= 4 is 23.3 Å². The van der Waals surface area contributed by atoms with E-state index >= 15 is 0 Å². The molecule has 0 atom stereocenters. The maximum absolute atomic E-state index is 13.1. The third-order valence-corrected chi connectivity index (χ3v) is 2.74. The standard InChI is InChI=1S/C12H7ClF2N2O2/c13-10-8(16)4-9(17-11(10)12(18)19)5-1-6(14)3-7(15)2-5/h1-4H,(H2,16,17)(H,18,19). The predicted molar refractivity (Wildman–Crippen MR) is 66.0 cm³/mol. The van der Waals surface area contributed by atoms with Crippen LogP contribution in [0.15, 0.2) is 24.3 Å². The van der Waals surface area contributed by atoms with Crippen LogP contribution in [0.25, 0.3) is 11.3 Å². The fourth-order valence-electron chi connectivity index (χ4n) is 1.54. The molecule has 0 unspecified atom stereocenters. The Bertz CT molecular complexity index is 657. The number of aromatic nitrogens is 1. The van der Waals surface area contributed by atoms with Crippen LogP contribution in [0.5, 0.6) is 0 Å². The number of hydrogen-bond acceptors (Lipinski definition) is 3. The van der Waals surface area contributed by atoms with Crippen LogP contribution in [0.3, 0.4) is 0 Å². The second kappa shape index (κ2) is 4.81. The van der Waals surface area contributed by atoms with Crippen molar-refractivity contribution in [2.75, 3.05) is 5.73 Å². The van der Waals surface area contributed by atoms with Crippen molar-refractivity contribution < 1.29 is 18.7 Å². The van der Waals surface area contributed by atoms with Crippen LogP contribution < -0.4 is 5.73 Å². The number of hydrogen-bond donors (Lipinski definition) is 2. The second-order valence-corrected chi connectivity index (χ2v) is 4.10. The Kier molecular flexibility index (Phi) is 3.35. The first-order chi connectivity index (χ1) is 8.88. The van der Waals surface area contributed by atoms with Gasteiger partial charge in [-0.3, -0.25) is 0 Å². The fourth-order valence-corrected chi connectivity index (χ4v) is 1.72. The average Bonchev–Trinajstić information content (AvgIpc) is 2.30. The Morgan fingerprint density at radius 1 is 1.21 bits per heavy atom. The molecule has 3 N–H and O–H groups in total. The Hall–Kier alpha value is -2.21. The highest BCUT2D eigenvalue weighted by atomic mass is 35.5. The molecule has 7 heteroatoms. The van der Waals surface area contributed by atoms with Crippen LogP contribution >= 0.6 is 11.6 Å². The van der Waals surface area contributed by atoms with Crippen LogP contribution in [0.1, 0.15) is 10.5 Å². The summed E-state index contributed by atoms with van der Waals surface area (Å²) < 4.78 is 26.2. The average molecular weight is 285 g/mol. The van der Waals surface area contributed by atoms with Crippen molar-refractivity contribution in [2.24, 2.45) is 0 Å². The summed E-state index contributed by atoms with van der Waals surface area (Å²) in [6.07, 6.45) is 0. The van der Waals surface area contributed by atoms with Gasteiger partial charge in [0.1, 0.15) is 11.6 Å². The van der Waals surface area contributed by atoms with Crippen molar-refractivity contribution in [3.05, 3.63) is 46.6 Å². The molecule has 0 fully saturated rings. The topological polar surface area (TPSA) is 76.2 Å². The molecule has 19 heavy (non-hydrogen) atoms. The summed E-state index contributed by atoms with van der Waals surface area (Å²) in [5.74, 6) is -2.99. The van der Waals surface area contributed by atoms with Gasteiger partial charge < -0.3 is 10.8 Å². The molecular weight excluding hydrogens is 278 g/mol. The van der Waals surface area contributed by atoms with Gasteiger partial charge in [0.25, 0.3) is 0 Å². The summed E-state index contributed by atoms with van der Waals surface area (Å²) in [5.41, 5.74) is 5.14. The molecule has 1 aromatic carbocycles. The molecule has 0 amide bonds. The Labute approximate surface area is 111 Å². The highest BCUT2D eigenvalue weighted by molar-refractivity contribution is 6.35. The lowest BCUT2D eigenvalue weighted by Crippen LogP contribution is -2.05. The van der Waals surface area contributed by atoms with Gasteiger partial charge in [0.15, 0.2) is 5.69 Å². The number of nitrogen functional groups attached to an aromatic ring is 1. The van der Waals surface area contributed by atoms with Gasteiger partial charge in [-0.1, -0.05) is 11.6 Å². The maximum Gasteiger partial charge on any atom is 0.356 e. The first-order valence-electron chi connectivity index (χ1n) is 5.04. The monoisotopic (exact) mass is 284 g/mol. The molecule has 2 rings (SSSR count). The number of benzene rings is 1. The molecule has 2 aromatic rings. The maximum atomic E-state index is 13.1. The van der Waals surface area contributed by atoms with E-state index in [9.17, 15) is 13.6 Å². The number of nitrogens with zero attached hydrogens (tertiary/aromatic N) is 1. The van der Waals surface area contributed by atoms with Crippen molar-refractivity contribution in [1.29, 1.82) is 0 Å². The molecule has 0 saturated heterocycles. The molecule has 0 aliphatic heterocycles. The number of carboxylic acids is 1. The lowest BCUT2D eigenvalue weighted by Gasteiger charge is -2.07. The Morgan fingerprint density at radius 2 is 1.79 bits per heavy atom. The summed E-state index contributed by atoms with van der Waals surface area (Å²) in [4.78, 5) is 14.7. The number of carboxylic acid groups (broad SMARTS) is 1. The highest BCUT2D eigenvalue weighted by Gasteiger charge is 2.16. The van der Waals surface area contributed by atoms with Crippen LogP contribution in [0, 0.1) is 11.6 Å². The van der Waals surface area contributed by atoms with Crippen molar-refractivity contribution in [2.45, 2.75) is 0 Å². The molecule has 4 nitrogen and oxygen atoms in total. The van der Waals surface area contributed by atoms with E-state index in [0.717, 1.165) is 12.1 Å². The number of pyridine rings is 1. The number of anilines is 1. The zero-order valence-electron chi connectivity index (χ0n) is 9.32. The van der Waals surface area contributed by atoms with Gasteiger partial charge in [0.05, 0.1) is 16.4 Å². The van der Waals surface area contributed by atoms with Crippen molar-refractivity contribution in [1.82, 2.24) is 4.98 Å². The summed E-state index contributed by atoms with van der Waals surface area (Å²) in [6.45, 7) is 0. The lowest BCUT2D eigenvalue weighted by atomic mass is 10.1. The minimum atomic E-state index is -1.38. The van der Waals surface area contributed by atoms with E-state index < -0.39 is 23.3 Å². The highest BCUT2D eigenvalue weighted by Crippen LogP contribution is 2.28. The van der Waals surface area contributed by atoms with Crippen LogP contribution in [0.4, 0.5) is 14.5 Å². The Morgan fingerprint density at radius 3 is 2.32 bits per heavy atom. The van der Waals surface area contributed by atoms with E-state index in [2.05, 4.69) is 4.98 Å². The first-order valence-corrected chi connectivity index (χ1v) is 5.42. The third-order valence-electron chi connectivity index (χ3n) is 2.35. The smallest absolute Gasteiger partial charge is 0.356 e. The number of rotatable bonds is 2. The van der Waals surface area contributed by atoms with Gasteiger partial charge in [-0.25, -0.2) is 18.6 Å². The molecule has 98 valence electrons. The van der Waals surface area contributed by atoms with Gasteiger partial charge in [-0.05, 0) is 18.2 Å². The van der Waals surface area contributed by atoms with E-state index in [1.807, 2.05) is 0 Å². The van der Waals surface area contributed by atoms with Crippen molar-refractivity contribution in [3.8, 4) is 11.3 Å². The normalized spacial score (nSPS) is 10.5. The van der Waals surface area contributed by atoms with Gasteiger partial charge in [0, 0.05) is 11.6 Å². The van der Waals surface area contributed by atoms with Gasteiger partial charge in [-0.2, -0.15) is 0 Å². The molecular formula is C12H7ClF2N2O2. The minimum Gasteiger partial charge on any atom is -0.476 e. The number of nitrogens with two attached hydrogens (primary N) is 1. The molecule has 0 aliphatic rings. The minimum absolute atomic E-state index is 0.0256. The summed E-state index contributed by atoms with van der Waals surface area (Å²) in [7, 11) is 0.